The maximum absolute atomic E-state index is 5.97. The number of nitrogens with two attached hydrogens (primary N) is 1. The summed E-state index contributed by atoms with van der Waals surface area (Å²) in [6.07, 6.45) is 0.116. The number of halogens is 2. The second kappa shape index (κ2) is 6.12. The number of rotatable bonds is 3. The minimum Gasteiger partial charge on any atom is -0.489 e. The van der Waals surface area contributed by atoms with E-state index < -0.39 is 0 Å². The molecular weight excluding hydrogens is 221 g/mol. The second-order valence-electron chi connectivity index (χ2n) is 3.10. The lowest BCUT2D eigenvalue weighted by Crippen LogP contribution is -2.09. The molecule has 1 rings (SSSR count). The van der Waals surface area contributed by atoms with Gasteiger partial charge in [-0.05, 0) is 19.9 Å². The standard InChI is InChI=1S/C10H14ClNO.ClH/c1-7(2)13-10-8(6-12)4-3-5-9(10)11;/h3-5,7H,6,12H2,1-2H3;1H. The van der Waals surface area contributed by atoms with Crippen LogP contribution in [0.5, 0.6) is 5.75 Å². The Hall–Kier alpha value is -0.440. The summed E-state index contributed by atoms with van der Waals surface area (Å²) in [6, 6.07) is 5.60. The largest absolute Gasteiger partial charge is 0.489 e. The Kier molecular flexibility index (Phi) is 5.93. The van der Waals surface area contributed by atoms with Crippen LogP contribution >= 0.6 is 24.0 Å². The lowest BCUT2D eigenvalue weighted by atomic mass is 10.2. The highest BCUT2D eigenvalue weighted by Crippen LogP contribution is 2.29. The molecule has 0 atom stereocenters. The van der Waals surface area contributed by atoms with Crippen molar-refractivity contribution in [2.24, 2.45) is 5.73 Å². The third kappa shape index (κ3) is 3.37. The molecule has 0 saturated heterocycles. The van der Waals surface area contributed by atoms with E-state index in [4.69, 9.17) is 22.1 Å². The highest BCUT2D eigenvalue weighted by Gasteiger charge is 2.08. The summed E-state index contributed by atoms with van der Waals surface area (Å²) in [5, 5.41) is 0.622. The van der Waals surface area contributed by atoms with Gasteiger partial charge in [0.2, 0.25) is 0 Å². The van der Waals surface area contributed by atoms with E-state index in [1.54, 1.807) is 6.07 Å². The van der Waals surface area contributed by atoms with Gasteiger partial charge in [0.1, 0.15) is 5.75 Å². The molecule has 80 valence electrons. The van der Waals surface area contributed by atoms with Crippen LogP contribution in [0.1, 0.15) is 19.4 Å². The predicted octanol–water partition coefficient (Wildman–Crippen LogP) is 3.01. The van der Waals surface area contributed by atoms with Crippen LogP contribution in [-0.4, -0.2) is 6.10 Å². The SMILES string of the molecule is CC(C)Oc1c(Cl)cccc1CN.Cl. The Morgan fingerprint density at radius 2 is 2.07 bits per heavy atom. The van der Waals surface area contributed by atoms with Crippen LogP contribution in [0.2, 0.25) is 5.02 Å². The summed E-state index contributed by atoms with van der Waals surface area (Å²) in [5.74, 6) is 0.710. The molecule has 14 heavy (non-hydrogen) atoms. The van der Waals surface area contributed by atoms with Crippen LogP contribution in [0.25, 0.3) is 0 Å². The van der Waals surface area contributed by atoms with Crippen LogP contribution in [0.15, 0.2) is 18.2 Å². The number of hydrogen-bond donors (Lipinski definition) is 1. The molecule has 0 saturated carbocycles. The van der Waals surface area contributed by atoms with Crippen molar-refractivity contribution >= 4 is 24.0 Å². The molecule has 0 bridgehead atoms. The van der Waals surface area contributed by atoms with Gasteiger partial charge in [-0.15, -0.1) is 12.4 Å². The molecule has 1 aromatic carbocycles. The fraction of sp³-hybridized carbons (Fsp3) is 0.400. The average Bonchev–Trinajstić information content (AvgIpc) is 2.08. The van der Waals surface area contributed by atoms with Gasteiger partial charge in [0, 0.05) is 12.1 Å². The molecule has 2 nitrogen and oxygen atoms in total. The van der Waals surface area contributed by atoms with Crippen molar-refractivity contribution in [2.45, 2.75) is 26.5 Å². The van der Waals surface area contributed by atoms with Crippen LogP contribution in [0.4, 0.5) is 0 Å². The molecule has 4 heteroatoms. The lowest BCUT2D eigenvalue weighted by molar-refractivity contribution is 0.240. The van der Waals surface area contributed by atoms with Crippen LogP contribution in [0.3, 0.4) is 0 Å². The van der Waals surface area contributed by atoms with Gasteiger partial charge < -0.3 is 10.5 Å². The summed E-state index contributed by atoms with van der Waals surface area (Å²) < 4.78 is 5.56. The van der Waals surface area contributed by atoms with Crippen molar-refractivity contribution in [3.63, 3.8) is 0 Å². The molecule has 0 radical (unpaired) electrons. The van der Waals surface area contributed by atoms with E-state index in [1.165, 1.54) is 0 Å². The number of hydrogen-bond acceptors (Lipinski definition) is 2. The smallest absolute Gasteiger partial charge is 0.142 e. The lowest BCUT2D eigenvalue weighted by Gasteiger charge is -2.14. The quantitative estimate of drug-likeness (QED) is 0.875. The molecule has 0 fully saturated rings. The maximum Gasteiger partial charge on any atom is 0.142 e. The summed E-state index contributed by atoms with van der Waals surface area (Å²) in [7, 11) is 0. The first-order valence-electron chi connectivity index (χ1n) is 4.29. The zero-order valence-corrected chi connectivity index (χ0v) is 9.86. The van der Waals surface area contributed by atoms with Crippen molar-refractivity contribution in [3.8, 4) is 5.75 Å². The highest BCUT2D eigenvalue weighted by molar-refractivity contribution is 6.32. The van der Waals surface area contributed by atoms with E-state index in [9.17, 15) is 0 Å². The van der Waals surface area contributed by atoms with Crippen molar-refractivity contribution < 1.29 is 4.74 Å². The Balaban J connectivity index is 0.00000169. The number of benzene rings is 1. The molecule has 0 aliphatic carbocycles. The number of para-hydroxylation sites is 1. The van der Waals surface area contributed by atoms with Gasteiger partial charge >= 0.3 is 0 Å². The molecule has 0 heterocycles. The summed E-state index contributed by atoms with van der Waals surface area (Å²) in [6.45, 7) is 4.37. The monoisotopic (exact) mass is 235 g/mol. The molecule has 0 aliphatic heterocycles. The first-order valence-corrected chi connectivity index (χ1v) is 4.67. The normalized spacial score (nSPS) is 9.79. The van der Waals surface area contributed by atoms with Gasteiger partial charge in [-0.1, -0.05) is 23.7 Å². The minimum absolute atomic E-state index is 0. The molecule has 2 N–H and O–H groups in total. The van der Waals surface area contributed by atoms with Gasteiger partial charge in [-0.3, -0.25) is 0 Å². The van der Waals surface area contributed by atoms with Crippen molar-refractivity contribution in [1.29, 1.82) is 0 Å². The Morgan fingerprint density at radius 1 is 1.43 bits per heavy atom. The Morgan fingerprint density at radius 3 is 2.57 bits per heavy atom. The van der Waals surface area contributed by atoms with E-state index in [0.717, 1.165) is 5.56 Å². The second-order valence-corrected chi connectivity index (χ2v) is 3.51. The molecule has 0 aliphatic rings. The van der Waals surface area contributed by atoms with Gasteiger partial charge in [-0.25, -0.2) is 0 Å². The summed E-state index contributed by atoms with van der Waals surface area (Å²) in [4.78, 5) is 0. The van der Waals surface area contributed by atoms with Gasteiger partial charge in [0.05, 0.1) is 11.1 Å². The zero-order valence-electron chi connectivity index (χ0n) is 8.29. The van der Waals surface area contributed by atoms with E-state index >= 15 is 0 Å². The molecule has 0 aromatic heterocycles. The molecule has 0 amide bonds. The third-order valence-electron chi connectivity index (χ3n) is 1.62. The highest BCUT2D eigenvalue weighted by atomic mass is 35.5. The number of ether oxygens (including phenoxy) is 1. The van der Waals surface area contributed by atoms with E-state index in [1.807, 2.05) is 26.0 Å². The fourth-order valence-corrected chi connectivity index (χ4v) is 1.32. The molecule has 1 aromatic rings. The first kappa shape index (κ1) is 13.6. The maximum atomic E-state index is 5.97. The molecule has 0 unspecified atom stereocenters. The van der Waals surface area contributed by atoms with E-state index in [-0.39, 0.29) is 18.5 Å². The van der Waals surface area contributed by atoms with E-state index in [2.05, 4.69) is 0 Å². The van der Waals surface area contributed by atoms with Crippen LogP contribution in [0, 0.1) is 0 Å². The third-order valence-corrected chi connectivity index (χ3v) is 1.92. The van der Waals surface area contributed by atoms with Crippen molar-refractivity contribution in [2.75, 3.05) is 0 Å². The van der Waals surface area contributed by atoms with Crippen molar-refractivity contribution in [1.82, 2.24) is 0 Å². The first-order chi connectivity index (χ1) is 6.15. The summed E-state index contributed by atoms with van der Waals surface area (Å²) >= 11 is 5.97. The summed E-state index contributed by atoms with van der Waals surface area (Å²) in [5.41, 5.74) is 6.50. The van der Waals surface area contributed by atoms with Gasteiger partial charge in [0.25, 0.3) is 0 Å². The van der Waals surface area contributed by atoms with Crippen LogP contribution in [-0.2, 0) is 6.54 Å². The van der Waals surface area contributed by atoms with Gasteiger partial charge in [0.15, 0.2) is 0 Å². The van der Waals surface area contributed by atoms with Gasteiger partial charge in [-0.2, -0.15) is 0 Å². The Bertz CT molecular complexity index is 289. The minimum atomic E-state index is 0. The van der Waals surface area contributed by atoms with Crippen LogP contribution < -0.4 is 10.5 Å². The molecule has 0 spiro atoms. The predicted molar refractivity (Wildman–Crippen MR) is 62.4 cm³/mol. The van der Waals surface area contributed by atoms with Crippen molar-refractivity contribution in [3.05, 3.63) is 28.8 Å². The average molecular weight is 236 g/mol. The fourth-order valence-electron chi connectivity index (χ4n) is 1.08. The molecular formula is C10H15Cl2NO. The topological polar surface area (TPSA) is 35.2 Å². The Labute approximate surface area is 95.8 Å². The zero-order chi connectivity index (χ0) is 9.84. The van der Waals surface area contributed by atoms with E-state index in [0.29, 0.717) is 17.3 Å².